The van der Waals surface area contributed by atoms with Crippen molar-refractivity contribution in [2.75, 3.05) is 14.2 Å². The molecule has 134 valence electrons. The molecule has 4 nitrogen and oxygen atoms in total. The Bertz CT molecular complexity index is 621. The van der Waals surface area contributed by atoms with Gasteiger partial charge in [-0.05, 0) is 23.5 Å². The molecule has 0 aliphatic heterocycles. The van der Waals surface area contributed by atoms with Gasteiger partial charge in [-0.3, -0.25) is 0 Å². The van der Waals surface area contributed by atoms with E-state index in [0.29, 0.717) is 0 Å². The lowest BCUT2D eigenvalue weighted by atomic mass is 10.4. The smallest absolute Gasteiger partial charge is 0.426 e. The fourth-order valence-corrected chi connectivity index (χ4v) is 12.1. The summed E-state index contributed by atoms with van der Waals surface area (Å²) in [4.78, 5) is 0. The van der Waals surface area contributed by atoms with Gasteiger partial charge in [0, 0.05) is 14.2 Å². The first-order chi connectivity index (χ1) is 12.0. The molecule has 0 N–H and O–H groups in total. The van der Waals surface area contributed by atoms with Gasteiger partial charge in [-0.25, -0.2) is 0 Å². The van der Waals surface area contributed by atoms with E-state index in [-0.39, 0.29) is 0 Å². The van der Waals surface area contributed by atoms with Gasteiger partial charge in [0.2, 0.25) is 8.32 Å². The molecule has 0 aromatic heterocycles. The van der Waals surface area contributed by atoms with E-state index in [1.165, 1.54) is 0 Å². The molecule has 0 fully saturated rings. The molecule has 2 rings (SSSR count). The molecular formula is C18H26O4Si3. The molecule has 0 spiro atoms. The van der Waals surface area contributed by atoms with E-state index in [1.54, 1.807) is 14.2 Å². The predicted molar refractivity (Wildman–Crippen MR) is 109 cm³/mol. The van der Waals surface area contributed by atoms with Gasteiger partial charge in [0.25, 0.3) is 0 Å². The third-order valence-corrected chi connectivity index (χ3v) is 13.1. The maximum absolute atomic E-state index is 6.79. The highest BCUT2D eigenvalue weighted by atomic mass is 28.5. The average Bonchev–Trinajstić information content (AvgIpc) is 2.66. The van der Waals surface area contributed by atoms with Crippen LogP contribution in [0.1, 0.15) is 0 Å². The van der Waals surface area contributed by atoms with Crippen molar-refractivity contribution >= 4 is 36.8 Å². The second kappa shape index (κ2) is 8.86. The van der Waals surface area contributed by atoms with Crippen LogP contribution in [0.4, 0.5) is 0 Å². The second-order valence-corrected chi connectivity index (χ2v) is 15.4. The van der Waals surface area contributed by atoms with Crippen LogP contribution < -0.4 is 10.4 Å². The molecule has 0 heterocycles. The zero-order valence-corrected chi connectivity index (χ0v) is 18.4. The molecule has 7 heteroatoms. The van der Waals surface area contributed by atoms with Gasteiger partial charge in [-0.1, -0.05) is 66.4 Å². The first kappa shape index (κ1) is 20.0. The summed E-state index contributed by atoms with van der Waals surface area (Å²) in [6.45, 7) is 8.21. The summed E-state index contributed by atoms with van der Waals surface area (Å²) in [6.07, 6.45) is 0. The van der Waals surface area contributed by atoms with Crippen LogP contribution in [0.2, 0.25) is 13.1 Å². The Kier molecular flexibility index (Phi) is 7.08. The molecule has 25 heavy (non-hydrogen) atoms. The van der Waals surface area contributed by atoms with Crippen LogP contribution >= 0.6 is 0 Å². The van der Waals surface area contributed by atoms with E-state index < -0.39 is 26.4 Å². The fourth-order valence-electron chi connectivity index (χ4n) is 2.50. The molecule has 2 aromatic carbocycles. The highest BCUT2D eigenvalue weighted by Gasteiger charge is 2.48. The second-order valence-electron chi connectivity index (χ2n) is 6.14. The van der Waals surface area contributed by atoms with Gasteiger partial charge in [0.1, 0.15) is 0 Å². The topological polar surface area (TPSA) is 36.9 Å². The van der Waals surface area contributed by atoms with Crippen molar-refractivity contribution in [1.29, 1.82) is 0 Å². The minimum absolute atomic E-state index is 1.04. The maximum Gasteiger partial charge on any atom is 0.475 e. The summed E-state index contributed by atoms with van der Waals surface area (Å²) in [5.41, 5.74) is 1.93. The van der Waals surface area contributed by atoms with Gasteiger partial charge < -0.3 is 17.1 Å². The van der Waals surface area contributed by atoms with Crippen molar-refractivity contribution in [3.8, 4) is 0 Å². The normalized spacial score (nSPS) is 12.4. The Morgan fingerprint density at radius 1 is 0.840 bits per heavy atom. The molecular weight excluding hydrogens is 364 g/mol. The molecule has 0 unspecified atom stereocenters. The largest absolute Gasteiger partial charge is 0.475 e. The van der Waals surface area contributed by atoms with Crippen LogP contribution in [-0.2, 0) is 17.1 Å². The zero-order chi connectivity index (χ0) is 18.3. The Hall–Kier alpha value is -1.33. The Morgan fingerprint density at radius 2 is 1.28 bits per heavy atom. The number of hydrogen-bond donors (Lipinski definition) is 0. The van der Waals surface area contributed by atoms with Gasteiger partial charge in [0.05, 0.1) is 0 Å². The van der Waals surface area contributed by atoms with E-state index in [1.807, 2.05) is 42.1 Å². The van der Waals surface area contributed by atoms with Gasteiger partial charge >= 0.3 is 18.1 Å². The van der Waals surface area contributed by atoms with Crippen LogP contribution in [-0.4, -0.2) is 40.6 Å². The van der Waals surface area contributed by atoms with Crippen LogP contribution in [0.3, 0.4) is 0 Å². The summed E-state index contributed by atoms with van der Waals surface area (Å²) in [6, 6.07) is 20.2. The third-order valence-electron chi connectivity index (χ3n) is 3.85. The third kappa shape index (κ3) is 4.85. The van der Waals surface area contributed by atoms with E-state index in [4.69, 9.17) is 17.1 Å². The SMILES string of the molecule is C=C[Si](C)(C)O[Si](O[SiH](OC)OC)(c1ccccc1)c1ccccc1. The van der Waals surface area contributed by atoms with Gasteiger partial charge in [0.15, 0.2) is 0 Å². The summed E-state index contributed by atoms with van der Waals surface area (Å²) in [5.74, 6) is 0. The molecule has 0 saturated carbocycles. The average molecular weight is 391 g/mol. The van der Waals surface area contributed by atoms with Crippen molar-refractivity contribution in [3.63, 3.8) is 0 Å². The number of hydrogen-bond acceptors (Lipinski definition) is 4. The molecule has 0 aliphatic rings. The maximum atomic E-state index is 6.79. The molecule has 0 bridgehead atoms. The highest BCUT2D eigenvalue weighted by molar-refractivity contribution is 7.01. The zero-order valence-electron chi connectivity index (χ0n) is 15.3. The minimum Gasteiger partial charge on any atom is -0.426 e. The van der Waals surface area contributed by atoms with E-state index in [9.17, 15) is 0 Å². The van der Waals surface area contributed by atoms with Crippen molar-refractivity contribution in [3.05, 3.63) is 72.9 Å². The summed E-state index contributed by atoms with van der Waals surface area (Å²) in [5, 5.41) is 2.07. The molecule has 0 saturated heterocycles. The highest BCUT2D eigenvalue weighted by Crippen LogP contribution is 2.19. The van der Waals surface area contributed by atoms with Crippen LogP contribution in [0.25, 0.3) is 0 Å². The molecule has 0 amide bonds. The lowest BCUT2D eigenvalue weighted by molar-refractivity contribution is 0.188. The summed E-state index contributed by atoms with van der Waals surface area (Å²) in [7, 11) is -4.27. The molecule has 0 aliphatic carbocycles. The minimum atomic E-state index is -3.01. The first-order valence-corrected chi connectivity index (χ1v) is 14.4. The van der Waals surface area contributed by atoms with Gasteiger partial charge in [-0.2, -0.15) is 0 Å². The van der Waals surface area contributed by atoms with Crippen LogP contribution in [0, 0.1) is 0 Å². The quantitative estimate of drug-likeness (QED) is 0.615. The molecule has 0 radical (unpaired) electrons. The van der Waals surface area contributed by atoms with Crippen LogP contribution in [0.15, 0.2) is 72.9 Å². The van der Waals surface area contributed by atoms with Crippen molar-refractivity contribution in [1.82, 2.24) is 0 Å². The van der Waals surface area contributed by atoms with E-state index in [2.05, 4.69) is 43.9 Å². The predicted octanol–water partition coefficient (Wildman–Crippen LogP) is 2.22. The standard InChI is InChI=1S/C18H26O4Si3/c1-6-24(4,5)22-25(21-23(19-2)20-3,17-13-9-7-10-14-17)18-15-11-8-12-16-18/h6-16,23H,1H2,2-5H3. The Morgan fingerprint density at radius 3 is 1.64 bits per heavy atom. The van der Waals surface area contributed by atoms with Crippen LogP contribution in [0.5, 0.6) is 0 Å². The summed E-state index contributed by atoms with van der Waals surface area (Å²) >= 11 is 0. The fraction of sp³-hybridized carbons (Fsp3) is 0.222. The first-order valence-electron chi connectivity index (χ1n) is 8.15. The van der Waals surface area contributed by atoms with Gasteiger partial charge in [-0.15, -0.1) is 6.58 Å². The van der Waals surface area contributed by atoms with E-state index in [0.717, 1.165) is 10.4 Å². The lowest BCUT2D eigenvalue weighted by Crippen LogP contribution is -2.69. The van der Waals surface area contributed by atoms with Crippen molar-refractivity contribution in [2.45, 2.75) is 13.1 Å². The number of benzene rings is 2. The number of rotatable bonds is 9. The molecule has 0 atom stereocenters. The van der Waals surface area contributed by atoms with E-state index >= 15 is 0 Å². The molecule has 2 aromatic rings. The Labute approximate surface area is 154 Å². The summed E-state index contributed by atoms with van der Waals surface area (Å²) < 4.78 is 24.3. The van der Waals surface area contributed by atoms with Crippen molar-refractivity contribution in [2.24, 2.45) is 0 Å². The Balaban J connectivity index is 2.66. The van der Waals surface area contributed by atoms with Crippen molar-refractivity contribution < 1.29 is 17.1 Å². The lowest BCUT2D eigenvalue weighted by Gasteiger charge is -2.38. The monoisotopic (exact) mass is 390 g/mol.